The molecule has 0 bridgehead atoms. The van der Waals surface area contributed by atoms with Gasteiger partial charge in [-0.15, -0.1) is 0 Å². The predicted molar refractivity (Wildman–Crippen MR) is 28.5 cm³/mol. The fraction of sp³-hybridized carbons (Fsp3) is 1.00. The second-order valence-corrected chi connectivity index (χ2v) is 2.20. The van der Waals surface area contributed by atoms with E-state index in [4.69, 9.17) is 4.55 Å². The molecule has 0 saturated heterocycles. The van der Waals surface area contributed by atoms with Crippen molar-refractivity contribution in [3.8, 4) is 0 Å². The summed E-state index contributed by atoms with van der Waals surface area (Å²) >= 11 is 0. The number of rotatable bonds is 0. The van der Waals surface area contributed by atoms with E-state index in [2.05, 4.69) is 0 Å². The molecule has 6 heteroatoms. The van der Waals surface area contributed by atoms with E-state index in [1.165, 1.54) is 0 Å². The molecular weight excluding hydrogens is 181 g/mol. The first-order valence-electron chi connectivity index (χ1n) is 0.924. The van der Waals surface area contributed by atoms with Crippen LogP contribution in [0, 0.1) is 0 Å². The molecule has 0 amide bonds. The maximum atomic E-state index is 9.19. The van der Waals surface area contributed by atoms with E-state index in [0.29, 0.717) is 6.26 Å². The van der Waals surface area contributed by atoms with Gasteiger partial charge < -0.3 is 0 Å². The van der Waals surface area contributed by atoms with Gasteiger partial charge in [0.25, 0.3) is 10.1 Å². The van der Waals surface area contributed by atoms with Crippen LogP contribution in [0.25, 0.3) is 0 Å². The number of hydrogen-bond acceptors (Lipinski definition) is 2. The molecule has 0 aliphatic carbocycles. The molecule has 0 rings (SSSR count). The van der Waals surface area contributed by atoms with Gasteiger partial charge in [0.1, 0.15) is 0 Å². The van der Waals surface area contributed by atoms with Crippen LogP contribution in [0.5, 0.6) is 0 Å². The Hall–Kier alpha value is 0.476. The Morgan fingerprint density at radius 2 is 1.43 bits per heavy atom. The van der Waals surface area contributed by atoms with Crippen molar-refractivity contribution in [2.24, 2.45) is 0 Å². The molecule has 1 N–H and O–H groups in total. The molecule has 1 radical (unpaired) electrons. The van der Waals surface area contributed by atoms with E-state index in [1.54, 1.807) is 0 Å². The molecule has 0 fully saturated rings. The summed E-state index contributed by atoms with van der Waals surface area (Å²) in [6, 6.07) is 0. The van der Waals surface area contributed by atoms with Gasteiger partial charge in [0.15, 0.2) is 0 Å². The summed E-state index contributed by atoms with van der Waals surface area (Å²) in [5, 5.41) is 0. The van der Waals surface area contributed by atoms with E-state index in [-0.39, 0.29) is 24.5 Å². The molecule has 0 spiro atoms. The monoisotopic (exact) mass is 187 g/mol. The van der Waals surface area contributed by atoms with Gasteiger partial charge in [0, 0.05) is 4.70 Å². The maximum absolute atomic E-state index is 9.19. The SMILES string of the molecule is CS(=O)(=O)O.[F].[GaH3]. The van der Waals surface area contributed by atoms with E-state index < -0.39 is 10.1 Å². The van der Waals surface area contributed by atoms with Crippen LogP contribution in [-0.2, 0) is 10.1 Å². The normalized spacial score (nSPS) is 8.29. The van der Waals surface area contributed by atoms with Crippen LogP contribution < -0.4 is 0 Å². The zero-order valence-corrected chi connectivity index (χ0v) is 3.87. The van der Waals surface area contributed by atoms with Crippen molar-refractivity contribution in [1.29, 1.82) is 0 Å². The van der Waals surface area contributed by atoms with Crippen LogP contribution in [0.2, 0.25) is 0 Å². The molecule has 0 unspecified atom stereocenters. The van der Waals surface area contributed by atoms with Gasteiger partial charge in [0.2, 0.25) is 0 Å². The molecule has 0 atom stereocenters. The van der Waals surface area contributed by atoms with Crippen LogP contribution >= 0.6 is 0 Å². The van der Waals surface area contributed by atoms with Crippen LogP contribution in [0.1, 0.15) is 0 Å². The summed E-state index contributed by atoms with van der Waals surface area (Å²) in [7, 11) is -3.67. The summed E-state index contributed by atoms with van der Waals surface area (Å²) in [6.45, 7) is 0. The van der Waals surface area contributed by atoms with Gasteiger partial charge >= 0.3 is 19.8 Å². The Morgan fingerprint density at radius 3 is 1.43 bits per heavy atom. The second-order valence-electron chi connectivity index (χ2n) is 0.733. The van der Waals surface area contributed by atoms with Crippen LogP contribution in [0.3, 0.4) is 0 Å². The van der Waals surface area contributed by atoms with Crippen molar-refractivity contribution >= 4 is 29.9 Å². The van der Waals surface area contributed by atoms with Gasteiger partial charge in [-0.05, 0) is 0 Å². The molecule has 7 heavy (non-hydrogen) atoms. The second kappa shape index (κ2) is 4.63. The van der Waals surface area contributed by atoms with Gasteiger partial charge in [-0.25, -0.2) is 0 Å². The van der Waals surface area contributed by atoms with Crippen molar-refractivity contribution in [3.63, 3.8) is 0 Å². The first kappa shape index (κ1) is 15.6. The van der Waals surface area contributed by atoms with Gasteiger partial charge in [0.05, 0.1) is 6.26 Å². The average molecular weight is 188 g/mol. The first-order chi connectivity index (χ1) is 2.00. The molecule has 45 valence electrons. The molecule has 0 saturated carbocycles. The summed E-state index contributed by atoms with van der Waals surface area (Å²) in [4.78, 5) is 0. The summed E-state index contributed by atoms with van der Waals surface area (Å²) in [5.74, 6) is 0. The Kier molecular flexibility index (Phi) is 10.4. The predicted octanol–water partition coefficient (Wildman–Crippen LogP) is -1.26. The number of halogens is 1. The standard InChI is InChI=1S/CH4O3S.F.Ga.3H/c1-5(2,3)4;;;;;/h1H3,(H,2,3,4);;;;;. The van der Waals surface area contributed by atoms with Crippen LogP contribution in [-0.4, -0.2) is 39.0 Å². The Bertz CT molecular complexity index is 98.1. The van der Waals surface area contributed by atoms with E-state index in [1.807, 2.05) is 0 Å². The zero-order chi connectivity index (χ0) is 4.50. The summed E-state index contributed by atoms with van der Waals surface area (Å²) < 4.78 is 25.9. The molecule has 0 aliphatic rings. The number of hydrogen-bond donors (Lipinski definition) is 1. The van der Waals surface area contributed by atoms with Crippen molar-refractivity contribution < 1.29 is 17.7 Å². The first-order valence-corrected chi connectivity index (χ1v) is 2.77. The van der Waals surface area contributed by atoms with E-state index in [9.17, 15) is 8.42 Å². The van der Waals surface area contributed by atoms with Crippen molar-refractivity contribution in [3.05, 3.63) is 0 Å². The third kappa shape index (κ3) is 572. The van der Waals surface area contributed by atoms with E-state index in [0.717, 1.165) is 0 Å². The van der Waals surface area contributed by atoms with Crippen molar-refractivity contribution in [1.82, 2.24) is 0 Å². The molecule has 3 nitrogen and oxygen atoms in total. The minimum atomic E-state index is -3.67. The average Bonchev–Trinajstić information content (AvgIpc) is 0.722. The van der Waals surface area contributed by atoms with Crippen LogP contribution in [0.15, 0.2) is 0 Å². The minimum absolute atomic E-state index is 0. The van der Waals surface area contributed by atoms with Gasteiger partial charge in [-0.1, -0.05) is 0 Å². The molecule has 0 aromatic heterocycles. The van der Waals surface area contributed by atoms with Crippen LogP contribution in [0.4, 0.5) is 4.70 Å². The molecular formula is CH7FGaO3S. The fourth-order valence-electron chi connectivity index (χ4n) is 0. The zero-order valence-electron chi connectivity index (χ0n) is 3.05. The molecule has 0 aliphatic heterocycles. The Balaban J connectivity index is -0.0000000800. The van der Waals surface area contributed by atoms with Gasteiger partial charge in [-0.2, -0.15) is 8.42 Å². The summed E-state index contributed by atoms with van der Waals surface area (Å²) in [6.07, 6.45) is 0.715. The molecule has 0 aromatic carbocycles. The Morgan fingerprint density at radius 1 is 1.43 bits per heavy atom. The quantitative estimate of drug-likeness (QED) is 0.381. The molecule has 0 heterocycles. The Labute approximate surface area is 54.3 Å². The third-order valence-corrected chi connectivity index (χ3v) is 0. The third-order valence-electron chi connectivity index (χ3n) is 0. The van der Waals surface area contributed by atoms with Crippen molar-refractivity contribution in [2.75, 3.05) is 6.26 Å². The molecule has 0 aromatic rings. The van der Waals surface area contributed by atoms with Crippen molar-refractivity contribution in [2.45, 2.75) is 0 Å². The topological polar surface area (TPSA) is 54.4 Å². The summed E-state index contributed by atoms with van der Waals surface area (Å²) in [5.41, 5.74) is 0. The van der Waals surface area contributed by atoms with Gasteiger partial charge in [-0.3, -0.25) is 4.55 Å². The fourth-order valence-corrected chi connectivity index (χ4v) is 0. The van der Waals surface area contributed by atoms with E-state index >= 15 is 0 Å².